The minimum Gasteiger partial charge on any atom is -0.508 e. The number of imide groups is 2. The molecular formula is C40H25Cl2F5N2O7. The number of alkyl halides is 2. The molecule has 0 bridgehead atoms. The number of nitrogens with zero attached hydrogens (tertiary/aromatic N) is 2. The van der Waals surface area contributed by atoms with Gasteiger partial charge in [0.25, 0.3) is 11.8 Å². The minimum atomic E-state index is -2.82. The summed E-state index contributed by atoms with van der Waals surface area (Å²) < 4.78 is 79.1. The van der Waals surface area contributed by atoms with Crippen LogP contribution in [0.1, 0.15) is 40.2 Å². The Morgan fingerprint density at radius 3 is 2.00 bits per heavy atom. The zero-order chi connectivity index (χ0) is 40.2. The zero-order valence-corrected chi connectivity index (χ0v) is 30.2. The van der Waals surface area contributed by atoms with Crippen LogP contribution in [-0.4, -0.2) is 51.4 Å². The summed E-state index contributed by atoms with van der Waals surface area (Å²) in [6.07, 6.45) is 0.667. The smallest absolute Gasteiger partial charge is 0.258 e. The lowest BCUT2D eigenvalue weighted by Crippen LogP contribution is -2.60. The number of methoxy groups -OCH3 is 1. The molecule has 1 N–H and O–H groups in total. The number of carbonyl (C=O) groups is 5. The van der Waals surface area contributed by atoms with Crippen molar-refractivity contribution in [2.45, 2.75) is 28.5 Å². The van der Waals surface area contributed by atoms with Crippen LogP contribution in [0.25, 0.3) is 0 Å². The van der Waals surface area contributed by atoms with E-state index in [1.54, 1.807) is 30.3 Å². The number of benzene rings is 4. The van der Waals surface area contributed by atoms with E-state index < -0.39 is 104 Å². The van der Waals surface area contributed by atoms with Gasteiger partial charge in [-0.05, 0) is 61.2 Å². The van der Waals surface area contributed by atoms with Gasteiger partial charge in [-0.2, -0.15) is 0 Å². The van der Waals surface area contributed by atoms with Crippen molar-refractivity contribution in [1.82, 2.24) is 0 Å². The summed E-state index contributed by atoms with van der Waals surface area (Å²) in [5.74, 6) is -23.1. The van der Waals surface area contributed by atoms with Crippen molar-refractivity contribution >= 4 is 64.0 Å². The van der Waals surface area contributed by atoms with Crippen LogP contribution in [-0.2, 0) is 19.2 Å². The van der Waals surface area contributed by atoms with Gasteiger partial charge in [0.05, 0.1) is 24.6 Å². The average Bonchev–Trinajstić information content (AvgIpc) is 3.54. The normalized spacial score (nSPS) is 26.9. The maximum absolute atomic E-state index is 15.3. The van der Waals surface area contributed by atoms with E-state index in [9.17, 15) is 42.3 Å². The Morgan fingerprint density at radius 1 is 0.768 bits per heavy atom. The van der Waals surface area contributed by atoms with Gasteiger partial charge in [-0.3, -0.25) is 28.9 Å². The maximum atomic E-state index is 15.3. The van der Waals surface area contributed by atoms with Crippen molar-refractivity contribution in [3.05, 3.63) is 130 Å². The summed E-state index contributed by atoms with van der Waals surface area (Å²) >= 11 is 14.3. The molecule has 56 heavy (non-hydrogen) atoms. The Morgan fingerprint density at radius 2 is 1.38 bits per heavy atom. The highest BCUT2D eigenvalue weighted by Gasteiger charge is 2.77. The van der Waals surface area contributed by atoms with Gasteiger partial charge in [0.1, 0.15) is 17.2 Å². The number of fused-ring (bicyclic) bond motifs is 4. The quantitative estimate of drug-likeness (QED) is 0.0420. The van der Waals surface area contributed by atoms with E-state index in [1.807, 2.05) is 0 Å². The average molecular weight is 812 g/mol. The second-order valence-corrected chi connectivity index (χ2v) is 15.1. The number of hydrogen-bond donors (Lipinski definition) is 1. The van der Waals surface area contributed by atoms with E-state index in [0.29, 0.717) is 5.56 Å². The van der Waals surface area contributed by atoms with Crippen LogP contribution < -0.4 is 14.5 Å². The van der Waals surface area contributed by atoms with Crippen LogP contribution in [0.4, 0.5) is 33.3 Å². The Bertz CT molecular complexity index is 2440. The predicted octanol–water partition coefficient (Wildman–Crippen LogP) is 7.10. The molecule has 6 atom stereocenters. The number of ketones is 1. The number of carbonyl (C=O) groups excluding carboxylic acids is 5. The number of phenolic OH excluding ortho intramolecular Hbond substituents is 1. The molecule has 2 aliphatic carbocycles. The summed E-state index contributed by atoms with van der Waals surface area (Å²) in [4.78, 5) is 65.4. The molecular weight excluding hydrogens is 786 g/mol. The highest BCUT2D eigenvalue weighted by molar-refractivity contribution is 6.58. The number of hydrogen-bond acceptors (Lipinski definition) is 7. The third kappa shape index (κ3) is 4.94. The van der Waals surface area contributed by atoms with E-state index in [-0.39, 0.29) is 45.2 Å². The fourth-order valence-corrected chi connectivity index (χ4v) is 9.50. The zero-order valence-electron chi connectivity index (χ0n) is 28.7. The van der Waals surface area contributed by atoms with Gasteiger partial charge in [-0.1, -0.05) is 42.0 Å². The summed E-state index contributed by atoms with van der Waals surface area (Å²) in [6.45, 7) is 0. The number of rotatable bonds is 6. The molecule has 9 nitrogen and oxygen atoms in total. The lowest BCUT2D eigenvalue weighted by molar-refractivity contribution is -0.125. The minimum absolute atomic E-state index is 0.107. The number of amides is 4. The van der Waals surface area contributed by atoms with Gasteiger partial charge >= 0.3 is 0 Å². The Kier molecular flexibility index (Phi) is 8.66. The molecule has 8 rings (SSSR count). The fourth-order valence-electron chi connectivity index (χ4n) is 8.58. The summed E-state index contributed by atoms with van der Waals surface area (Å²) in [5, 5.41) is 11.2. The molecule has 4 aliphatic rings. The Hall–Kier alpha value is -5.60. The molecule has 0 spiro atoms. The first-order valence-electron chi connectivity index (χ1n) is 17.0. The Balaban J connectivity index is 1.25. The number of allylic oxidation sites excluding steroid dienone is 2. The lowest BCUT2D eigenvalue weighted by atomic mass is 9.56. The van der Waals surface area contributed by atoms with Crippen LogP contribution in [0.3, 0.4) is 0 Å². The number of halogens is 7. The van der Waals surface area contributed by atoms with Gasteiger partial charge in [0.2, 0.25) is 17.6 Å². The van der Waals surface area contributed by atoms with Crippen LogP contribution in [0.15, 0.2) is 84.4 Å². The van der Waals surface area contributed by atoms with Crippen LogP contribution in [0.2, 0.25) is 0 Å². The summed E-state index contributed by atoms with van der Waals surface area (Å²) in [7, 11) is 1.28. The second kappa shape index (κ2) is 13.0. The second-order valence-electron chi connectivity index (χ2n) is 13.9. The number of aromatic hydroxyl groups is 1. The maximum Gasteiger partial charge on any atom is 0.258 e. The van der Waals surface area contributed by atoms with Crippen LogP contribution in [0.5, 0.6) is 11.5 Å². The predicted molar refractivity (Wildman–Crippen MR) is 190 cm³/mol. The fraction of sp³-hybridized carbons (Fsp3) is 0.225. The first-order chi connectivity index (χ1) is 26.6. The first-order valence-corrected chi connectivity index (χ1v) is 17.8. The van der Waals surface area contributed by atoms with Crippen molar-refractivity contribution in [1.29, 1.82) is 0 Å². The van der Waals surface area contributed by atoms with Gasteiger partial charge in [-0.15, -0.1) is 23.2 Å². The molecule has 4 aromatic rings. The van der Waals surface area contributed by atoms with E-state index in [2.05, 4.69) is 0 Å². The third-order valence-electron chi connectivity index (χ3n) is 11.2. The number of anilines is 2. The molecule has 2 aliphatic heterocycles. The molecule has 3 fully saturated rings. The van der Waals surface area contributed by atoms with Gasteiger partial charge in [-0.25, -0.2) is 26.9 Å². The van der Waals surface area contributed by atoms with Crippen molar-refractivity contribution in [3.63, 3.8) is 0 Å². The molecule has 1 saturated carbocycles. The van der Waals surface area contributed by atoms with Gasteiger partial charge < -0.3 is 9.84 Å². The summed E-state index contributed by atoms with van der Waals surface area (Å²) in [5.41, 5.74) is -1.15. The van der Waals surface area contributed by atoms with E-state index in [4.69, 9.17) is 27.9 Å². The molecule has 0 aromatic heterocycles. The largest absolute Gasteiger partial charge is 0.508 e. The van der Waals surface area contributed by atoms with E-state index in [1.165, 1.54) is 55.7 Å². The Labute approximate surface area is 323 Å². The highest BCUT2D eigenvalue weighted by Crippen LogP contribution is 2.67. The standard InChI is InChI=1S/C40H25Cl2F5N2O7/c1-56-20-11-14-25(50)23(15-20)27-21-12-13-22-26(36(53)48(35(22)52)19-9-7-18(8-10-19)34(51)17-5-3-2-4-6-17)24(21)16-39(41)37(54)49(38(55)40(27,39)42)33-31(46)29(44)28(43)30(45)32(33)47/h2-12,14-15,22,24,26-27,50H,13,16H2,1H3/t22-,24+,26-,27+,39+,40-/m0/s1. The molecule has 286 valence electrons. The third-order valence-corrected chi connectivity index (χ3v) is 12.6. The number of ether oxygens (including phenoxy) is 1. The SMILES string of the molecule is COc1ccc(O)c([C@H]2C3=CC[C@@H]4C(=O)N(c5ccc(C(=O)c6ccccc6)cc5)C(=O)[C@@H]4[C@@H]3C[C@@]3(Cl)C(=O)N(c4c(F)c(F)c(F)c(F)c4F)C(=O)[C@@]23Cl)c1. The van der Waals surface area contributed by atoms with Crippen molar-refractivity contribution in [2.75, 3.05) is 16.9 Å². The summed E-state index contributed by atoms with van der Waals surface area (Å²) in [6, 6.07) is 17.9. The van der Waals surface area contributed by atoms with Gasteiger partial charge in [0, 0.05) is 22.6 Å². The lowest BCUT2D eigenvalue weighted by Gasteiger charge is -2.50. The highest BCUT2D eigenvalue weighted by atomic mass is 35.5. The topological polar surface area (TPSA) is 121 Å². The first kappa shape index (κ1) is 37.3. The van der Waals surface area contributed by atoms with Crippen LogP contribution >= 0.6 is 23.2 Å². The van der Waals surface area contributed by atoms with Crippen molar-refractivity contribution < 1.29 is 55.8 Å². The molecule has 2 heterocycles. The molecule has 0 unspecified atom stereocenters. The van der Waals surface area contributed by atoms with E-state index in [0.717, 1.165) is 4.90 Å². The number of phenols is 1. The monoisotopic (exact) mass is 810 g/mol. The van der Waals surface area contributed by atoms with Crippen molar-refractivity contribution in [3.8, 4) is 11.5 Å². The molecule has 2 saturated heterocycles. The van der Waals surface area contributed by atoms with Crippen LogP contribution in [0, 0.1) is 46.8 Å². The van der Waals surface area contributed by atoms with E-state index >= 15 is 8.78 Å². The van der Waals surface area contributed by atoms with Crippen molar-refractivity contribution in [2.24, 2.45) is 17.8 Å². The molecule has 16 heteroatoms. The van der Waals surface area contributed by atoms with Gasteiger partial charge in [0.15, 0.2) is 38.8 Å². The molecule has 0 radical (unpaired) electrons. The molecule has 4 amide bonds. The molecule has 4 aromatic carbocycles.